The van der Waals surface area contributed by atoms with Gasteiger partial charge in [-0.25, -0.2) is 0 Å². The van der Waals surface area contributed by atoms with Crippen LogP contribution in [-0.4, -0.2) is 23.3 Å². The van der Waals surface area contributed by atoms with Gasteiger partial charge in [-0.2, -0.15) is 0 Å². The maximum atomic E-state index is 10.8. The number of hydrogen-bond acceptors (Lipinski definition) is 3. The molecule has 0 heterocycles. The van der Waals surface area contributed by atoms with Crippen LogP contribution in [0.15, 0.2) is 6.07 Å². The van der Waals surface area contributed by atoms with Crippen molar-refractivity contribution in [1.29, 1.82) is 0 Å². The van der Waals surface area contributed by atoms with Gasteiger partial charge in [-0.05, 0) is 25.0 Å². The van der Waals surface area contributed by atoms with Gasteiger partial charge in [0.05, 0.1) is 18.1 Å². The number of carbonyl (C=O) groups is 1. The van der Waals surface area contributed by atoms with E-state index in [0.29, 0.717) is 16.3 Å². The second-order valence-corrected chi connectivity index (χ2v) is 4.36. The first kappa shape index (κ1) is 13.6. The average molecular weight is 259 g/mol. The predicted octanol–water partition coefficient (Wildman–Crippen LogP) is 2.63. The van der Waals surface area contributed by atoms with E-state index in [9.17, 15) is 9.90 Å². The molecule has 0 bridgehead atoms. The van der Waals surface area contributed by atoms with Crippen molar-refractivity contribution in [3.05, 3.63) is 22.2 Å². The number of carboxylic acid groups (broad SMARTS) is 1. The van der Waals surface area contributed by atoms with Gasteiger partial charge in [-0.1, -0.05) is 18.5 Å². The summed E-state index contributed by atoms with van der Waals surface area (Å²) < 4.78 is 5.01. The van der Waals surface area contributed by atoms with E-state index in [0.717, 1.165) is 5.56 Å². The van der Waals surface area contributed by atoms with Crippen molar-refractivity contribution in [2.75, 3.05) is 7.11 Å². The van der Waals surface area contributed by atoms with Crippen molar-refractivity contribution < 1.29 is 19.7 Å². The molecule has 0 aromatic heterocycles. The molecule has 0 aliphatic heterocycles. The van der Waals surface area contributed by atoms with E-state index in [1.54, 1.807) is 19.9 Å². The number of aromatic hydroxyl groups is 1. The van der Waals surface area contributed by atoms with Gasteiger partial charge < -0.3 is 14.9 Å². The fourth-order valence-corrected chi connectivity index (χ4v) is 1.78. The Hall–Kier alpha value is -1.42. The van der Waals surface area contributed by atoms with Gasteiger partial charge in [0.1, 0.15) is 0 Å². The molecule has 0 spiro atoms. The highest BCUT2D eigenvalue weighted by atomic mass is 35.5. The first-order valence-corrected chi connectivity index (χ1v) is 5.54. The van der Waals surface area contributed by atoms with Crippen LogP contribution in [0.4, 0.5) is 0 Å². The number of phenols is 1. The molecule has 0 saturated carbocycles. The third-order valence-corrected chi connectivity index (χ3v) is 3.16. The number of methoxy groups -OCH3 is 1. The minimum Gasteiger partial charge on any atom is -0.504 e. The van der Waals surface area contributed by atoms with Gasteiger partial charge in [0, 0.05) is 5.56 Å². The van der Waals surface area contributed by atoms with Crippen molar-refractivity contribution in [2.24, 2.45) is 5.92 Å². The van der Waals surface area contributed by atoms with Crippen LogP contribution in [0.2, 0.25) is 5.02 Å². The summed E-state index contributed by atoms with van der Waals surface area (Å²) in [7, 11) is 1.44. The maximum absolute atomic E-state index is 10.8. The van der Waals surface area contributed by atoms with Gasteiger partial charge in [-0.15, -0.1) is 0 Å². The van der Waals surface area contributed by atoms with Gasteiger partial charge in [0.2, 0.25) is 0 Å². The van der Waals surface area contributed by atoms with E-state index in [1.165, 1.54) is 7.11 Å². The average Bonchev–Trinajstić information content (AvgIpc) is 2.28. The molecule has 0 amide bonds. The fourth-order valence-electron chi connectivity index (χ4n) is 1.55. The summed E-state index contributed by atoms with van der Waals surface area (Å²) in [6, 6.07) is 1.62. The van der Waals surface area contributed by atoms with Gasteiger partial charge in [-0.3, -0.25) is 4.79 Å². The third-order valence-electron chi connectivity index (χ3n) is 2.63. The number of aryl methyl sites for hydroxylation is 1. The lowest BCUT2D eigenvalue weighted by molar-refractivity contribution is -0.141. The quantitative estimate of drug-likeness (QED) is 0.871. The molecule has 1 atom stereocenters. The third kappa shape index (κ3) is 2.82. The molecule has 5 heteroatoms. The molecule has 94 valence electrons. The summed E-state index contributed by atoms with van der Waals surface area (Å²) in [6.45, 7) is 3.34. The minimum atomic E-state index is -0.930. The largest absolute Gasteiger partial charge is 0.504 e. The Balaban J connectivity index is 3.22. The lowest BCUT2D eigenvalue weighted by Crippen LogP contribution is -2.13. The van der Waals surface area contributed by atoms with Crippen molar-refractivity contribution in [2.45, 2.75) is 20.3 Å². The first-order valence-electron chi connectivity index (χ1n) is 5.16. The number of halogens is 1. The number of benzene rings is 1. The zero-order chi connectivity index (χ0) is 13.2. The molecule has 0 radical (unpaired) electrons. The molecule has 0 saturated heterocycles. The Labute approximate surface area is 105 Å². The van der Waals surface area contributed by atoms with E-state index in [-0.39, 0.29) is 12.2 Å². The predicted molar refractivity (Wildman–Crippen MR) is 64.9 cm³/mol. The summed E-state index contributed by atoms with van der Waals surface area (Å²) >= 11 is 6.07. The minimum absolute atomic E-state index is 0.0869. The van der Waals surface area contributed by atoms with Crippen molar-refractivity contribution in [1.82, 2.24) is 0 Å². The molecule has 1 aromatic rings. The number of phenolic OH excluding ortho intramolecular Hbond substituents is 1. The van der Waals surface area contributed by atoms with Gasteiger partial charge >= 0.3 is 5.97 Å². The Kier molecular flexibility index (Phi) is 4.23. The van der Waals surface area contributed by atoms with Crippen LogP contribution in [0.3, 0.4) is 0 Å². The van der Waals surface area contributed by atoms with Crippen molar-refractivity contribution in [3.8, 4) is 11.5 Å². The Morgan fingerprint density at radius 1 is 1.59 bits per heavy atom. The van der Waals surface area contributed by atoms with E-state index in [2.05, 4.69) is 0 Å². The molecule has 1 unspecified atom stereocenters. The number of carboxylic acids is 1. The summed E-state index contributed by atoms with van der Waals surface area (Å²) in [6.07, 6.45) is 0.165. The van der Waals surface area contributed by atoms with Gasteiger partial charge in [0.25, 0.3) is 0 Å². The maximum Gasteiger partial charge on any atom is 0.306 e. The topological polar surface area (TPSA) is 66.8 Å². The number of hydrogen-bond donors (Lipinski definition) is 2. The zero-order valence-electron chi connectivity index (χ0n) is 9.95. The van der Waals surface area contributed by atoms with E-state index < -0.39 is 11.9 Å². The fraction of sp³-hybridized carbons (Fsp3) is 0.417. The van der Waals surface area contributed by atoms with Crippen LogP contribution >= 0.6 is 11.6 Å². The molecule has 0 aliphatic rings. The number of ether oxygens (including phenoxy) is 1. The normalized spacial score (nSPS) is 12.2. The second-order valence-electron chi connectivity index (χ2n) is 3.98. The summed E-state index contributed by atoms with van der Waals surface area (Å²) in [4.78, 5) is 10.8. The summed E-state index contributed by atoms with van der Waals surface area (Å²) in [5.41, 5.74) is 1.16. The van der Waals surface area contributed by atoms with Crippen molar-refractivity contribution in [3.63, 3.8) is 0 Å². The number of rotatable bonds is 4. The zero-order valence-corrected chi connectivity index (χ0v) is 10.7. The van der Waals surface area contributed by atoms with Crippen molar-refractivity contribution >= 4 is 17.6 Å². The first-order chi connectivity index (χ1) is 7.88. The van der Waals surface area contributed by atoms with Crippen LogP contribution in [0.25, 0.3) is 0 Å². The second kappa shape index (κ2) is 5.27. The van der Waals surface area contributed by atoms with Crippen LogP contribution in [-0.2, 0) is 11.2 Å². The lowest BCUT2D eigenvalue weighted by Gasteiger charge is -2.15. The molecular formula is C12H15ClO4. The highest BCUT2D eigenvalue weighted by molar-refractivity contribution is 6.32. The van der Waals surface area contributed by atoms with E-state index >= 15 is 0 Å². The lowest BCUT2D eigenvalue weighted by atomic mass is 9.98. The standard InChI is InChI=1S/C12H15ClO4/c1-6-5-9(17-3)11(14)8(10(6)13)4-7(2)12(15)16/h5,7,14H,4H2,1-3H3,(H,15,16). The van der Waals surface area contributed by atoms with E-state index in [4.69, 9.17) is 21.4 Å². The Morgan fingerprint density at radius 2 is 2.18 bits per heavy atom. The summed E-state index contributed by atoms with van der Waals surface area (Å²) in [5, 5.41) is 19.2. The van der Waals surface area contributed by atoms with Crippen LogP contribution in [0.1, 0.15) is 18.1 Å². The van der Waals surface area contributed by atoms with Crippen LogP contribution in [0, 0.1) is 12.8 Å². The number of aliphatic carboxylic acids is 1. The van der Waals surface area contributed by atoms with E-state index in [1.807, 2.05) is 0 Å². The molecule has 2 N–H and O–H groups in total. The van der Waals surface area contributed by atoms with Gasteiger partial charge in [0.15, 0.2) is 11.5 Å². The molecule has 0 aliphatic carbocycles. The molecule has 17 heavy (non-hydrogen) atoms. The smallest absolute Gasteiger partial charge is 0.306 e. The Bertz CT molecular complexity index is 443. The summed E-state index contributed by atoms with van der Waals surface area (Å²) in [5.74, 6) is -1.33. The highest BCUT2D eigenvalue weighted by Crippen LogP contribution is 2.38. The van der Waals surface area contributed by atoms with Crippen LogP contribution in [0.5, 0.6) is 11.5 Å². The molecule has 0 fully saturated rings. The monoisotopic (exact) mass is 258 g/mol. The molecular weight excluding hydrogens is 244 g/mol. The van der Waals surface area contributed by atoms with Crippen LogP contribution < -0.4 is 4.74 Å². The Morgan fingerprint density at radius 3 is 2.65 bits per heavy atom. The SMILES string of the molecule is COc1cc(C)c(Cl)c(CC(C)C(=O)O)c1O. The molecule has 1 aromatic carbocycles. The molecule has 4 nitrogen and oxygen atoms in total. The highest BCUT2D eigenvalue weighted by Gasteiger charge is 2.20. The molecule has 1 rings (SSSR count).